The fraction of sp³-hybridized carbons (Fsp3) is 0.500. The monoisotopic (exact) mass is 245 g/mol. The van der Waals surface area contributed by atoms with E-state index >= 15 is 0 Å². The Morgan fingerprint density at radius 3 is 2.89 bits per heavy atom. The first-order valence-electron chi connectivity index (χ1n) is 6.59. The summed E-state index contributed by atoms with van der Waals surface area (Å²) in [4.78, 5) is 7.23. The second-order valence-corrected chi connectivity index (χ2v) is 4.87. The van der Waals surface area contributed by atoms with E-state index in [1.165, 1.54) is 5.84 Å². The highest BCUT2D eigenvalue weighted by Crippen LogP contribution is 2.28. The van der Waals surface area contributed by atoms with Crippen molar-refractivity contribution in [2.24, 2.45) is 10.9 Å². The van der Waals surface area contributed by atoms with Gasteiger partial charge >= 0.3 is 0 Å². The SMILES string of the molecule is C[C@@H]1CNc2ccccc2N=C1N1CCOCC1. The van der Waals surface area contributed by atoms with Crippen LogP contribution in [0.3, 0.4) is 0 Å². The highest BCUT2D eigenvalue weighted by molar-refractivity contribution is 5.90. The number of hydrogen-bond acceptors (Lipinski definition) is 4. The fourth-order valence-electron chi connectivity index (χ4n) is 2.48. The molecule has 1 fully saturated rings. The number of morpholine rings is 1. The van der Waals surface area contributed by atoms with Crippen molar-refractivity contribution in [3.63, 3.8) is 0 Å². The Morgan fingerprint density at radius 2 is 2.06 bits per heavy atom. The van der Waals surface area contributed by atoms with Gasteiger partial charge in [0.25, 0.3) is 0 Å². The van der Waals surface area contributed by atoms with Gasteiger partial charge in [0.15, 0.2) is 0 Å². The molecule has 2 heterocycles. The molecule has 0 radical (unpaired) electrons. The highest BCUT2D eigenvalue weighted by atomic mass is 16.5. The number of para-hydroxylation sites is 2. The molecule has 4 heteroatoms. The van der Waals surface area contributed by atoms with Gasteiger partial charge in [-0.3, -0.25) is 0 Å². The Kier molecular flexibility index (Phi) is 3.19. The molecule has 1 saturated heterocycles. The molecule has 1 atom stereocenters. The fourth-order valence-corrected chi connectivity index (χ4v) is 2.48. The molecule has 2 aliphatic heterocycles. The second kappa shape index (κ2) is 4.98. The van der Waals surface area contributed by atoms with Crippen LogP contribution in [0.25, 0.3) is 0 Å². The molecule has 1 aromatic carbocycles. The Morgan fingerprint density at radius 1 is 1.28 bits per heavy atom. The third-order valence-corrected chi connectivity index (χ3v) is 3.51. The number of nitrogens with one attached hydrogen (secondary N) is 1. The van der Waals surface area contributed by atoms with Crippen molar-refractivity contribution in [3.8, 4) is 0 Å². The summed E-state index contributed by atoms with van der Waals surface area (Å²) in [6.07, 6.45) is 0. The highest BCUT2D eigenvalue weighted by Gasteiger charge is 2.23. The maximum absolute atomic E-state index is 5.41. The van der Waals surface area contributed by atoms with Crippen LogP contribution in [0.5, 0.6) is 0 Å². The minimum Gasteiger partial charge on any atom is -0.383 e. The van der Waals surface area contributed by atoms with Gasteiger partial charge in [-0.2, -0.15) is 0 Å². The van der Waals surface area contributed by atoms with E-state index in [4.69, 9.17) is 9.73 Å². The molecule has 0 saturated carbocycles. The minimum absolute atomic E-state index is 0.426. The van der Waals surface area contributed by atoms with E-state index in [1.807, 2.05) is 12.1 Å². The van der Waals surface area contributed by atoms with Gasteiger partial charge in [0.1, 0.15) is 5.84 Å². The Hall–Kier alpha value is -1.55. The van der Waals surface area contributed by atoms with Crippen molar-refractivity contribution in [1.29, 1.82) is 0 Å². The molecule has 1 aromatic rings. The lowest BCUT2D eigenvalue weighted by molar-refractivity contribution is 0.0663. The number of aliphatic imine (C=N–C) groups is 1. The summed E-state index contributed by atoms with van der Waals surface area (Å²) >= 11 is 0. The number of nitrogens with zero attached hydrogens (tertiary/aromatic N) is 2. The van der Waals surface area contributed by atoms with Gasteiger partial charge in [0, 0.05) is 25.6 Å². The van der Waals surface area contributed by atoms with E-state index in [1.54, 1.807) is 0 Å². The largest absolute Gasteiger partial charge is 0.383 e. The molecule has 0 unspecified atom stereocenters. The van der Waals surface area contributed by atoms with E-state index in [0.717, 1.165) is 44.2 Å². The van der Waals surface area contributed by atoms with Gasteiger partial charge < -0.3 is 15.0 Å². The van der Waals surface area contributed by atoms with E-state index < -0.39 is 0 Å². The molecule has 96 valence electrons. The molecule has 18 heavy (non-hydrogen) atoms. The lowest BCUT2D eigenvalue weighted by Crippen LogP contribution is -2.44. The normalized spacial score (nSPS) is 23.7. The summed E-state index contributed by atoms with van der Waals surface area (Å²) in [5, 5.41) is 3.47. The average Bonchev–Trinajstić information content (AvgIpc) is 2.60. The summed E-state index contributed by atoms with van der Waals surface area (Å²) < 4.78 is 5.41. The average molecular weight is 245 g/mol. The molecule has 3 rings (SSSR count). The Bertz CT molecular complexity index is 452. The Labute approximate surface area is 108 Å². The summed E-state index contributed by atoms with van der Waals surface area (Å²) in [5.41, 5.74) is 2.18. The maximum Gasteiger partial charge on any atom is 0.110 e. The number of amidine groups is 1. The van der Waals surface area contributed by atoms with Gasteiger partial charge in [-0.15, -0.1) is 0 Å². The van der Waals surface area contributed by atoms with Gasteiger partial charge in [-0.05, 0) is 12.1 Å². The van der Waals surface area contributed by atoms with E-state index in [0.29, 0.717) is 5.92 Å². The zero-order valence-electron chi connectivity index (χ0n) is 10.7. The summed E-state index contributed by atoms with van der Waals surface area (Å²) in [7, 11) is 0. The lowest BCUT2D eigenvalue weighted by atomic mass is 10.1. The number of hydrogen-bond donors (Lipinski definition) is 1. The molecule has 0 aromatic heterocycles. The van der Waals surface area contributed by atoms with Gasteiger partial charge in [-0.1, -0.05) is 19.1 Å². The van der Waals surface area contributed by atoms with Crippen molar-refractivity contribution >= 4 is 17.2 Å². The van der Waals surface area contributed by atoms with E-state index in [9.17, 15) is 0 Å². The first-order chi connectivity index (χ1) is 8.84. The molecule has 1 N–H and O–H groups in total. The zero-order chi connectivity index (χ0) is 12.4. The van der Waals surface area contributed by atoms with E-state index in [-0.39, 0.29) is 0 Å². The van der Waals surface area contributed by atoms with Crippen LogP contribution < -0.4 is 5.32 Å². The van der Waals surface area contributed by atoms with Crippen molar-refractivity contribution in [1.82, 2.24) is 4.90 Å². The molecule has 0 aliphatic carbocycles. The number of anilines is 1. The number of benzene rings is 1. The third-order valence-electron chi connectivity index (χ3n) is 3.51. The van der Waals surface area contributed by atoms with E-state index in [2.05, 4.69) is 29.3 Å². The topological polar surface area (TPSA) is 36.9 Å². The molecule has 0 spiro atoms. The van der Waals surface area contributed by atoms with Crippen LogP contribution in [0.2, 0.25) is 0 Å². The van der Waals surface area contributed by atoms with Gasteiger partial charge in [0.2, 0.25) is 0 Å². The Balaban J connectivity index is 1.93. The maximum atomic E-state index is 5.41. The van der Waals surface area contributed by atoms with Crippen molar-refractivity contribution in [3.05, 3.63) is 24.3 Å². The second-order valence-electron chi connectivity index (χ2n) is 4.87. The molecular weight excluding hydrogens is 226 g/mol. The number of rotatable bonds is 0. The minimum atomic E-state index is 0.426. The quantitative estimate of drug-likeness (QED) is 0.760. The van der Waals surface area contributed by atoms with Crippen LogP contribution in [-0.2, 0) is 4.74 Å². The van der Waals surface area contributed by atoms with Crippen molar-refractivity contribution in [2.45, 2.75) is 6.92 Å². The van der Waals surface area contributed by atoms with Crippen LogP contribution in [-0.4, -0.2) is 43.6 Å². The number of fused-ring (bicyclic) bond motifs is 1. The predicted octanol–water partition coefficient (Wildman–Crippen LogP) is 2.11. The first-order valence-corrected chi connectivity index (χ1v) is 6.59. The number of ether oxygens (including phenoxy) is 1. The molecule has 4 nitrogen and oxygen atoms in total. The van der Waals surface area contributed by atoms with Gasteiger partial charge in [-0.25, -0.2) is 4.99 Å². The molecule has 0 bridgehead atoms. The predicted molar refractivity (Wildman–Crippen MR) is 73.6 cm³/mol. The summed E-state index contributed by atoms with van der Waals surface area (Å²) in [6, 6.07) is 8.25. The van der Waals surface area contributed by atoms with Crippen LogP contribution in [0, 0.1) is 5.92 Å². The van der Waals surface area contributed by atoms with Crippen molar-refractivity contribution < 1.29 is 4.74 Å². The molecule has 0 amide bonds. The first kappa shape index (κ1) is 11.5. The van der Waals surface area contributed by atoms with Crippen molar-refractivity contribution in [2.75, 3.05) is 38.2 Å². The zero-order valence-corrected chi connectivity index (χ0v) is 10.7. The lowest BCUT2D eigenvalue weighted by Gasteiger charge is -2.32. The smallest absolute Gasteiger partial charge is 0.110 e. The standard InChI is InChI=1S/C14H19N3O/c1-11-10-15-12-4-2-3-5-13(12)16-14(11)17-6-8-18-9-7-17/h2-5,11,15H,6-10H2,1H3/t11-/m1/s1. The molecule has 2 aliphatic rings. The van der Waals surface area contributed by atoms with Crippen LogP contribution >= 0.6 is 0 Å². The van der Waals surface area contributed by atoms with Crippen LogP contribution in [0.4, 0.5) is 11.4 Å². The molecular formula is C14H19N3O. The third kappa shape index (κ3) is 2.20. The summed E-state index contributed by atoms with van der Waals surface area (Å²) in [5.74, 6) is 1.62. The summed E-state index contributed by atoms with van der Waals surface area (Å²) in [6.45, 7) is 6.68. The van der Waals surface area contributed by atoms with Gasteiger partial charge in [0.05, 0.1) is 24.6 Å². The van der Waals surface area contributed by atoms with Crippen LogP contribution in [0.15, 0.2) is 29.3 Å². The van der Waals surface area contributed by atoms with Crippen LogP contribution in [0.1, 0.15) is 6.92 Å².